The van der Waals surface area contributed by atoms with Crippen molar-refractivity contribution in [3.05, 3.63) is 12.7 Å². The van der Waals surface area contributed by atoms with E-state index in [2.05, 4.69) is 35.4 Å². The first-order valence-electron chi connectivity index (χ1n) is 6.50. The Bertz CT molecular complexity index is 215. The van der Waals surface area contributed by atoms with Gasteiger partial charge in [-0.3, -0.25) is 4.90 Å². The molecule has 1 N–H and O–H groups in total. The summed E-state index contributed by atoms with van der Waals surface area (Å²) in [6.45, 7) is 10.6. The first-order chi connectivity index (χ1) is 8.11. The Morgan fingerprint density at radius 2 is 2.00 bits per heavy atom. The number of aliphatic hydroxyl groups is 1. The molecule has 0 aromatic heterocycles. The minimum absolute atomic E-state index is 0.242. The van der Waals surface area contributed by atoms with E-state index in [4.69, 9.17) is 0 Å². The highest BCUT2D eigenvalue weighted by molar-refractivity contribution is 4.75. The summed E-state index contributed by atoms with van der Waals surface area (Å²) >= 11 is 0. The number of likely N-dealkylation sites (N-methyl/N-ethyl adjacent to an activating group) is 2. The predicted octanol–water partition coefficient (Wildman–Crippen LogP) is 0.103. The van der Waals surface area contributed by atoms with Crippen molar-refractivity contribution in [2.75, 3.05) is 59.9 Å². The molecule has 0 amide bonds. The maximum Gasteiger partial charge on any atom is 0.0793 e. The topological polar surface area (TPSA) is 30.0 Å². The molecular weight excluding hydrogens is 214 g/mol. The van der Waals surface area contributed by atoms with Gasteiger partial charge in [-0.2, -0.15) is 0 Å². The van der Waals surface area contributed by atoms with E-state index >= 15 is 0 Å². The number of β-amino-alcohol motifs (C(OH)–C–C–N with tert-alkyl or cyclic N) is 1. The maximum atomic E-state index is 10.0. The first-order valence-corrected chi connectivity index (χ1v) is 6.50. The maximum absolute atomic E-state index is 10.0. The number of rotatable bonds is 7. The Morgan fingerprint density at radius 1 is 1.35 bits per heavy atom. The minimum Gasteiger partial charge on any atom is -0.390 e. The molecule has 1 rings (SSSR count). The van der Waals surface area contributed by atoms with Crippen LogP contribution in [0.2, 0.25) is 0 Å². The van der Waals surface area contributed by atoms with Crippen LogP contribution in [-0.4, -0.2) is 85.8 Å². The number of aliphatic hydroxyl groups excluding tert-OH is 1. The molecule has 1 aliphatic rings. The van der Waals surface area contributed by atoms with Gasteiger partial charge < -0.3 is 14.9 Å². The zero-order valence-electron chi connectivity index (χ0n) is 11.3. The fourth-order valence-corrected chi connectivity index (χ4v) is 2.15. The molecule has 1 fully saturated rings. The summed E-state index contributed by atoms with van der Waals surface area (Å²) in [5.74, 6) is 0. The predicted molar refractivity (Wildman–Crippen MR) is 72.3 cm³/mol. The summed E-state index contributed by atoms with van der Waals surface area (Å²) in [6, 6.07) is 0. The van der Waals surface area contributed by atoms with Crippen LogP contribution in [0.5, 0.6) is 0 Å². The van der Waals surface area contributed by atoms with Crippen molar-refractivity contribution >= 4 is 0 Å². The normalized spacial score (nSPS) is 20.7. The molecule has 0 aliphatic carbocycles. The zero-order valence-corrected chi connectivity index (χ0v) is 11.3. The first kappa shape index (κ1) is 14.6. The van der Waals surface area contributed by atoms with Crippen LogP contribution in [0, 0.1) is 0 Å². The third-order valence-electron chi connectivity index (χ3n) is 3.30. The lowest BCUT2D eigenvalue weighted by Gasteiger charge is -2.34. The average Bonchev–Trinajstić information content (AvgIpc) is 2.29. The van der Waals surface area contributed by atoms with Crippen LogP contribution < -0.4 is 0 Å². The van der Waals surface area contributed by atoms with Gasteiger partial charge in [0.25, 0.3) is 0 Å². The highest BCUT2D eigenvalue weighted by atomic mass is 16.3. The monoisotopic (exact) mass is 241 g/mol. The smallest absolute Gasteiger partial charge is 0.0793 e. The number of hydrogen-bond acceptors (Lipinski definition) is 4. The second-order valence-corrected chi connectivity index (χ2v) is 5.10. The quantitative estimate of drug-likeness (QED) is 0.641. The molecule has 0 spiro atoms. The third kappa shape index (κ3) is 6.17. The number of hydrogen-bond donors (Lipinski definition) is 1. The van der Waals surface area contributed by atoms with Crippen molar-refractivity contribution in [3.8, 4) is 0 Å². The van der Waals surface area contributed by atoms with Gasteiger partial charge in [0, 0.05) is 45.8 Å². The van der Waals surface area contributed by atoms with E-state index < -0.39 is 0 Å². The summed E-state index contributed by atoms with van der Waals surface area (Å²) in [5.41, 5.74) is 0. The molecule has 1 atom stereocenters. The summed E-state index contributed by atoms with van der Waals surface area (Å²) in [5, 5.41) is 10.0. The van der Waals surface area contributed by atoms with E-state index in [9.17, 15) is 5.11 Å². The molecule has 4 nitrogen and oxygen atoms in total. The van der Waals surface area contributed by atoms with Crippen molar-refractivity contribution in [2.24, 2.45) is 0 Å². The largest absolute Gasteiger partial charge is 0.390 e. The molecule has 0 aromatic carbocycles. The van der Waals surface area contributed by atoms with Gasteiger partial charge in [-0.1, -0.05) is 6.08 Å². The summed E-state index contributed by atoms with van der Waals surface area (Å²) in [4.78, 5) is 6.85. The lowest BCUT2D eigenvalue weighted by molar-refractivity contribution is 0.0611. The summed E-state index contributed by atoms with van der Waals surface area (Å²) < 4.78 is 0. The van der Waals surface area contributed by atoms with Gasteiger partial charge in [0.2, 0.25) is 0 Å². The second-order valence-electron chi connectivity index (χ2n) is 5.10. The molecule has 1 saturated heterocycles. The van der Waals surface area contributed by atoms with Crippen molar-refractivity contribution in [1.82, 2.24) is 14.7 Å². The Labute approximate surface area is 105 Å². The van der Waals surface area contributed by atoms with E-state index in [1.807, 2.05) is 6.08 Å². The number of nitrogens with zero attached hydrogens (tertiary/aromatic N) is 3. The van der Waals surface area contributed by atoms with Crippen LogP contribution in [0.4, 0.5) is 0 Å². The third-order valence-corrected chi connectivity index (χ3v) is 3.30. The lowest BCUT2D eigenvalue weighted by Crippen LogP contribution is -2.48. The Kier molecular flexibility index (Phi) is 6.73. The van der Waals surface area contributed by atoms with E-state index in [1.54, 1.807) is 0 Å². The van der Waals surface area contributed by atoms with Crippen LogP contribution >= 0.6 is 0 Å². The van der Waals surface area contributed by atoms with Crippen LogP contribution in [0.1, 0.15) is 6.42 Å². The van der Waals surface area contributed by atoms with Crippen molar-refractivity contribution in [2.45, 2.75) is 12.5 Å². The standard InChI is InChI=1S/C13H27N3O/c1-4-5-6-15(3)11-13(17)12-16-9-7-14(2)8-10-16/h4,13,17H,1,5-12H2,2-3H3. The molecule has 1 heterocycles. The van der Waals surface area contributed by atoms with Crippen molar-refractivity contribution in [1.29, 1.82) is 0 Å². The molecule has 100 valence electrons. The van der Waals surface area contributed by atoms with E-state index in [-0.39, 0.29) is 6.10 Å². The SMILES string of the molecule is C=CCCN(C)CC(O)CN1CCN(C)CC1. The van der Waals surface area contributed by atoms with E-state index in [1.165, 1.54) is 0 Å². The zero-order chi connectivity index (χ0) is 12.7. The Morgan fingerprint density at radius 3 is 2.59 bits per heavy atom. The molecule has 0 radical (unpaired) electrons. The molecule has 17 heavy (non-hydrogen) atoms. The molecule has 0 bridgehead atoms. The lowest BCUT2D eigenvalue weighted by atomic mass is 10.2. The number of piperazine rings is 1. The van der Waals surface area contributed by atoms with Crippen LogP contribution in [0.25, 0.3) is 0 Å². The van der Waals surface area contributed by atoms with Crippen LogP contribution in [0.3, 0.4) is 0 Å². The summed E-state index contributed by atoms with van der Waals surface area (Å²) in [6.07, 6.45) is 2.66. The highest BCUT2D eigenvalue weighted by Gasteiger charge is 2.17. The van der Waals surface area contributed by atoms with Gasteiger partial charge in [-0.15, -0.1) is 6.58 Å². The molecule has 4 heteroatoms. The van der Waals surface area contributed by atoms with Crippen LogP contribution in [0.15, 0.2) is 12.7 Å². The van der Waals surface area contributed by atoms with E-state index in [0.29, 0.717) is 0 Å². The second kappa shape index (κ2) is 7.82. The van der Waals surface area contributed by atoms with E-state index in [0.717, 1.165) is 52.2 Å². The fourth-order valence-electron chi connectivity index (χ4n) is 2.15. The van der Waals surface area contributed by atoms with Crippen molar-refractivity contribution < 1.29 is 5.11 Å². The highest BCUT2D eigenvalue weighted by Crippen LogP contribution is 2.01. The minimum atomic E-state index is -0.242. The van der Waals surface area contributed by atoms with Gasteiger partial charge in [0.1, 0.15) is 0 Å². The van der Waals surface area contributed by atoms with Gasteiger partial charge in [0.05, 0.1) is 6.10 Å². The van der Waals surface area contributed by atoms with Gasteiger partial charge >= 0.3 is 0 Å². The molecule has 1 unspecified atom stereocenters. The average molecular weight is 241 g/mol. The van der Waals surface area contributed by atoms with Gasteiger partial charge in [-0.05, 0) is 20.5 Å². The Balaban J connectivity index is 2.15. The van der Waals surface area contributed by atoms with Gasteiger partial charge in [0.15, 0.2) is 0 Å². The summed E-state index contributed by atoms with van der Waals surface area (Å²) in [7, 11) is 4.20. The van der Waals surface area contributed by atoms with Gasteiger partial charge in [-0.25, -0.2) is 0 Å². The fraction of sp³-hybridized carbons (Fsp3) is 0.846. The molecular formula is C13H27N3O. The van der Waals surface area contributed by atoms with Crippen LogP contribution in [-0.2, 0) is 0 Å². The Hall–Kier alpha value is -0.420. The molecule has 1 aliphatic heterocycles. The molecule has 0 aromatic rings. The van der Waals surface area contributed by atoms with Crippen molar-refractivity contribution in [3.63, 3.8) is 0 Å². The molecule has 0 saturated carbocycles.